The fourth-order valence-electron chi connectivity index (χ4n) is 0. The fourth-order valence-corrected chi connectivity index (χ4v) is 0. The summed E-state index contributed by atoms with van der Waals surface area (Å²) in [5.74, 6) is 0. The van der Waals surface area contributed by atoms with Crippen molar-refractivity contribution in [1.29, 1.82) is 0 Å². The highest BCUT2D eigenvalue weighted by Crippen LogP contribution is 1.59. The first kappa shape index (κ1) is 15.8. The molecule has 0 atom stereocenters. The van der Waals surface area contributed by atoms with Crippen LogP contribution in [0, 0.1) is 0 Å². The predicted molar refractivity (Wildman–Crippen MR) is 22.8 cm³/mol. The molecule has 0 bridgehead atoms. The zero-order chi connectivity index (χ0) is 4.50. The summed E-state index contributed by atoms with van der Waals surface area (Å²) in [7, 11) is -4.67. The first-order valence-corrected chi connectivity index (χ1v) is 2.10. The topological polar surface area (TPSA) is 141 Å². The van der Waals surface area contributed by atoms with E-state index in [2.05, 4.69) is 0 Å². The quantitative estimate of drug-likeness (QED) is 0.351. The van der Waals surface area contributed by atoms with Gasteiger partial charge in [-0.3, -0.25) is 9.11 Å². The minimum atomic E-state index is -4.67. The molecule has 6 nitrogen and oxygen atoms in total. The molecule has 0 fully saturated rings. The van der Waals surface area contributed by atoms with E-state index in [4.69, 9.17) is 17.5 Å². The Morgan fingerprint density at radius 2 is 1.14 bits per heavy atom. The fraction of sp³-hybridized carbons (Fsp3) is 0. The second kappa shape index (κ2) is 3.96. The van der Waals surface area contributed by atoms with Crippen molar-refractivity contribution in [3.63, 3.8) is 0 Å². The molecule has 0 aromatic rings. The van der Waals surface area contributed by atoms with E-state index in [0.717, 1.165) is 0 Å². The van der Waals surface area contributed by atoms with Gasteiger partial charge in [0.05, 0.1) is 0 Å². The molecule has 0 unspecified atom stereocenters. The van der Waals surface area contributed by atoms with Gasteiger partial charge in [0.25, 0.3) is 0 Å². The van der Waals surface area contributed by atoms with Crippen molar-refractivity contribution in [2.75, 3.05) is 0 Å². The Balaban J connectivity index is -0.0000000800. The van der Waals surface area contributed by atoms with Crippen LogP contribution in [-0.2, 0) is 10.4 Å². The van der Waals surface area contributed by atoms with Crippen molar-refractivity contribution in [1.82, 2.24) is 6.15 Å². The van der Waals surface area contributed by atoms with Crippen LogP contribution >= 0.6 is 0 Å². The van der Waals surface area contributed by atoms with Gasteiger partial charge in [-0.05, 0) is 0 Å². The van der Waals surface area contributed by atoms with Crippen molar-refractivity contribution < 1.29 is 23.0 Å². The molecule has 48 valence electrons. The Bertz CT molecular complexity index is 91.2. The zero-order valence-corrected chi connectivity index (χ0v) is 4.14. The monoisotopic (exact) mass is 133 g/mol. The molecule has 7 heavy (non-hydrogen) atoms. The average molecular weight is 133 g/mol. The third kappa shape index (κ3) is 1890. The average Bonchev–Trinajstić information content (AvgIpc) is 0.722. The lowest BCUT2D eigenvalue weighted by atomic mass is 14.0. The maximum absolute atomic E-state index is 8.74. The van der Waals surface area contributed by atoms with Crippen LogP contribution < -0.4 is 6.15 Å². The van der Waals surface area contributed by atoms with Crippen molar-refractivity contribution >= 4 is 10.4 Å². The van der Waals surface area contributed by atoms with E-state index in [0.29, 0.717) is 0 Å². The van der Waals surface area contributed by atoms with Crippen molar-refractivity contribution in [3.05, 3.63) is 0 Å². The molecule has 7 N–H and O–H groups in total. The molecule has 7 heteroatoms. The predicted octanol–water partition coefficient (Wildman–Crippen LogP) is -1.32. The summed E-state index contributed by atoms with van der Waals surface area (Å²) in [4.78, 5) is 0. The van der Waals surface area contributed by atoms with Gasteiger partial charge in [-0.2, -0.15) is 8.42 Å². The maximum atomic E-state index is 8.74. The summed E-state index contributed by atoms with van der Waals surface area (Å²) in [6.07, 6.45) is 0. The Morgan fingerprint density at radius 1 is 1.14 bits per heavy atom. The molecule has 0 aromatic carbocycles. The van der Waals surface area contributed by atoms with E-state index < -0.39 is 10.4 Å². The van der Waals surface area contributed by atoms with Crippen LogP contribution in [0.15, 0.2) is 0 Å². The molecular formula is H7NO5S. The molecular weight excluding hydrogens is 126 g/mol. The molecule has 0 aliphatic rings. The van der Waals surface area contributed by atoms with Gasteiger partial charge in [-0.1, -0.05) is 0 Å². The molecule has 0 aromatic heterocycles. The second-order valence-corrected chi connectivity index (χ2v) is 1.34. The molecule has 0 aliphatic heterocycles. The van der Waals surface area contributed by atoms with Gasteiger partial charge in [-0.15, -0.1) is 0 Å². The van der Waals surface area contributed by atoms with E-state index >= 15 is 0 Å². The van der Waals surface area contributed by atoms with Crippen LogP contribution in [0.5, 0.6) is 0 Å². The van der Waals surface area contributed by atoms with Gasteiger partial charge in [0.15, 0.2) is 0 Å². The van der Waals surface area contributed by atoms with Gasteiger partial charge in [0.2, 0.25) is 0 Å². The van der Waals surface area contributed by atoms with Crippen molar-refractivity contribution in [2.24, 2.45) is 0 Å². The molecule has 0 radical (unpaired) electrons. The Labute approximate surface area is 40.6 Å². The van der Waals surface area contributed by atoms with Gasteiger partial charge >= 0.3 is 10.4 Å². The van der Waals surface area contributed by atoms with E-state index in [1.165, 1.54) is 0 Å². The lowest BCUT2D eigenvalue weighted by molar-refractivity contribution is 0.381. The summed E-state index contributed by atoms with van der Waals surface area (Å²) in [6.45, 7) is 0. The molecule has 0 heterocycles. The van der Waals surface area contributed by atoms with Crippen LogP contribution in [0.2, 0.25) is 0 Å². The van der Waals surface area contributed by atoms with Gasteiger partial charge in [0, 0.05) is 0 Å². The smallest absolute Gasteiger partial charge is 0.394 e. The van der Waals surface area contributed by atoms with Gasteiger partial charge < -0.3 is 11.6 Å². The third-order valence-electron chi connectivity index (χ3n) is 0. The van der Waals surface area contributed by atoms with Crippen molar-refractivity contribution in [2.45, 2.75) is 0 Å². The van der Waals surface area contributed by atoms with Crippen LogP contribution in [0.4, 0.5) is 0 Å². The van der Waals surface area contributed by atoms with Crippen LogP contribution in [-0.4, -0.2) is 23.0 Å². The van der Waals surface area contributed by atoms with Gasteiger partial charge in [0.1, 0.15) is 0 Å². The zero-order valence-electron chi connectivity index (χ0n) is 3.33. The first-order valence-electron chi connectivity index (χ1n) is 0.698. The summed E-state index contributed by atoms with van der Waals surface area (Å²) >= 11 is 0. The maximum Gasteiger partial charge on any atom is 0.394 e. The van der Waals surface area contributed by atoms with E-state index in [1.54, 1.807) is 0 Å². The normalized spacial score (nSPS) is 8.29. The number of hydrogen-bond donors (Lipinski definition) is 3. The molecule has 0 amide bonds. The summed E-state index contributed by atoms with van der Waals surface area (Å²) < 4.78 is 31.6. The van der Waals surface area contributed by atoms with E-state index in [9.17, 15) is 0 Å². The summed E-state index contributed by atoms with van der Waals surface area (Å²) in [5.41, 5.74) is 0. The van der Waals surface area contributed by atoms with Crippen molar-refractivity contribution in [3.8, 4) is 0 Å². The lowest BCUT2D eigenvalue weighted by Crippen LogP contribution is -1.89. The number of rotatable bonds is 0. The standard InChI is InChI=1S/H3N.H2O4S.H2O/c;1-5(2,3)4;/h1H3;(H2,1,2,3,4);1H2. The van der Waals surface area contributed by atoms with Crippen LogP contribution in [0.3, 0.4) is 0 Å². The highest BCUT2D eigenvalue weighted by atomic mass is 32.3. The molecule has 0 aliphatic carbocycles. The highest BCUT2D eigenvalue weighted by molar-refractivity contribution is 7.79. The van der Waals surface area contributed by atoms with E-state index in [-0.39, 0.29) is 11.6 Å². The molecule has 0 spiro atoms. The lowest BCUT2D eigenvalue weighted by Gasteiger charge is -1.68. The second-order valence-electron chi connectivity index (χ2n) is 0.448. The van der Waals surface area contributed by atoms with Crippen LogP contribution in [0.25, 0.3) is 0 Å². The molecule has 0 saturated heterocycles. The minimum absolute atomic E-state index is 0. The van der Waals surface area contributed by atoms with Gasteiger partial charge in [-0.25, -0.2) is 0 Å². The Morgan fingerprint density at radius 3 is 1.14 bits per heavy atom. The Kier molecular flexibility index (Phi) is 8.97. The summed E-state index contributed by atoms with van der Waals surface area (Å²) in [6, 6.07) is 0. The highest BCUT2D eigenvalue weighted by Gasteiger charge is 1.84. The summed E-state index contributed by atoms with van der Waals surface area (Å²) in [5, 5.41) is 0. The molecule has 0 rings (SSSR count). The SMILES string of the molecule is N.O.O=S(=O)(O)O. The number of hydrogen-bond acceptors (Lipinski definition) is 3. The Hall–Kier alpha value is -0.210. The van der Waals surface area contributed by atoms with Crippen LogP contribution in [0.1, 0.15) is 0 Å². The molecule has 0 saturated carbocycles. The first-order chi connectivity index (χ1) is 2.00. The third-order valence-corrected chi connectivity index (χ3v) is 0. The minimum Gasteiger partial charge on any atom is -0.412 e. The van der Waals surface area contributed by atoms with E-state index in [1.807, 2.05) is 0 Å². The largest absolute Gasteiger partial charge is 0.412 e.